The molecule has 0 fully saturated rings. The summed E-state index contributed by atoms with van der Waals surface area (Å²) in [6.07, 6.45) is -0.876. The first-order valence-corrected chi connectivity index (χ1v) is 7.48. The van der Waals surface area contributed by atoms with Crippen molar-refractivity contribution in [3.63, 3.8) is 0 Å². The molecule has 1 rings (SSSR count). The van der Waals surface area contributed by atoms with E-state index in [0.717, 1.165) is 0 Å². The van der Waals surface area contributed by atoms with Crippen molar-refractivity contribution in [1.82, 2.24) is 0 Å². The highest BCUT2D eigenvalue weighted by Gasteiger charge is 2.12. The molecule has 1 N–H and O–H groups in total. The molecule has 102 valence electrons. The molecule has 0 saturated heterocycles. The molecule has 0 aliphatic rings. The quantitative estimate of drug-likeness (QED) is 0.859. The van der Waals surface area contributed by atoms with Crippen LogP contribution >= 0.6 is 0 Å². The van der Waals surface area contributed by atoms with Gasteiger partial charge in [-0.1, -0.05) is 6.92 Å². The van der Waals surface area contributed by atoms with Crippen molar-refractivity contribution in [2.24, 2.45) is 0 Å². The fraction of sp³-hybridized carbons (Fsp3) is 0.500. The van der Waals surface area contributed by atoms with E-state index in [-0.39, 0.29) is 18.1 Å². The number of benzene rings is 1. The summed E-state index contributed by atoms with van der Waals surface area (Å²) in [5.41, 5.74) is 0.309. The summed E-state index contributed by atoms with van der Waals surface area (Å²) in [6.45, 7) is 3.04. The summed E-state index contributed by atoms with van der Waals surface area (Å²) < 4.78 is 40.8. The van der Waals surface area contributed by atoms with Crippen LogP contribution in [0.3, 0.4) is 0 Å². The van der Waals surface area contributed by atoms with Crippen molar-refractivity contribution in [3.8, 4) is 5.75 Å². The molecule has 4 nitrogen and oxygen atoms in total. The largest absolute Gasteiger partial charge is 0.492 e. The van der Waals surface area contributed by atoms with Gasteiger partial charge >= 0.3 is 0 Å². The molecule has 0 spiro atoms. The lowest BCUT2D eigenvalue weighted by atomic mass is 10.1. The van der Waals surface area contributed by atoms with E-state index in [1.54, 1.807) is 6.92 Å². The van der Waals surface area contributed by atoms with Crippen molar-refractivity contribution >= 4 is 9.84 Å². The molecule has 1 atom stereocenters. The molecule has 1 aromatic rings. The van der Waals surface area contributed by atoms with E-state index in [1.165, 1.54) is 25.1 Å². The van der Waals surface area contributed by atoms with E-state index in [9.17, 15) is 17.9 Å². The van der Waals surface area contributed by atoms with Crippen molar-refractivity contribution in [2.45, 2.75) is 20.0 Å². The Morgan fingerprint density at radius 1 is 1.44 bits per heavy atom. The third-order valence-corrected chi connectivity index (χ3v) is 4.18. The van der Waals surface area contributed by atoms with E-state index in [0.29, 0.717) is 11.3 Å². The van der Waals surface area contributed by atoms with Crippen molar-refractivity contribution in [3.05, 3.63) is 29.6 Å². The minimum Gasteiger partial charge on any atom is -0.492 e. The maximum atomic E-state index is 13.0. The summed E-state index contributed by atoms with van der Waals surface area (Å²) in [4.78, 5) is 0. The minimum absolute atomic E-state index is 0.0124. The molecule has 0 amide bonds. The van der Waals surface area contributed by atoms with Crippen LogP contribution < -0.4 is 4.74 Å². The lowest BCUT2D eigenvalue weighted by molar-refractivity contribution is 0.191. The number of sulfone groups is 1. The number of halogens is 1. The lowest BCUT2D eigenvalue weighted by Crippen LogP contribution is -2.16. The summed E-state index contributed by atoms with van der Waals surface area (Å²) >= 11 is 0. The van der Waals surface area contributed by atoms with Gasteiger partial charge in [0, 0.05) is 11.3 Å². The van der Waals surface area contributed by atoms with Gasteiger partial charge in [0.05, 0.1) is 11.9 Å². The minimum atomic E-state index is -3.09. The van der Waals surface area contributed by atoms with E-state index in [2.05, 4.69) is 0 Å². The molecule has 0 saturated carbocycles. The van der Waals surface area contributed by atoms with Crippen LogP contribution in [0.4, 0.5) is 4.39 Å². The van der Waals surface area contributed by atoms with Crippen LogP contribution in [0.2, 0.25) is 0 Å². The van der Waals surface area contributed by atoms with Gasteiger partial charge in [0.15, 0.2) is 9.84 Å². The van der Waals surface area contributed by atoms with Gasteiger partial charge in [-0.05, 0) is 25.1 Å². The summed E-state index contributed by atoms with van der Waals surface area (Å²) in [5.74, 6) is -0.208. The van der Waals surface area contributed by atoms with Crippen molar-refractivity contribution in [2.75, 3.05) is 18.1 Å². The smallest absolute Gasteiger partial charge is 0.153 e. The standard InChI is InChI=1S/C12H17FO4S/c1-3-18(15,16)7-6-17-12-5-4-10(13)8-11(12)9(2)14/h4-5,8-9,14H,3,6-7H2,1-2H3/t9-/m0/s1. The predicted octanol–water partition coefficient (Wildman–Crippen LogP) is 1.69. The molecule has 0 bridgehead atoms. The summed E-state index contributed by atoms with van der Waals surface area (Å²) in [6, 6.07) is 3.76. The maximum absolute atomic E-state index is 13.0. The number of aliphatic hydroxyl groups is 1. The van der Waals surface area contributed by atoms with E-state index in [4.69, 9.17) is 4.74 Å². The summed E-state index contributed by atoms with van der Waals surface area (Å²) in [7, 11) is -3.09. The van der Waals surface area contributed by atoms with Gasteiger partial charge in [-0.2, -0.15) is 0 Å². The van der Waals surface area contributed by atoms with Crippen LogP contribution in [-0.2, 0) is 9.84 Å². The second-order valence-electron chi connectivity index (χ2n) is 3.94. The van der Waals surface area contributed by atoms with Crippen molar-refractivity contribution < 1.29 is 22.7 Å². The van der Waals surface area contributed by atoms with Crippen LogP contribution in [0.25, 0.3) is 0 Å². The van der Waals surface area contributed by atoms with Gasteiger partial charge in [0.2, 0.25) is 0 Å². The second-order valence-corrected chi connectivity index (χ2v) is 6.42. The zero-order chi connectivity index (χ0) is 13.8. The third kappa shape index (κ3) is 4.27. The molecule has 0 aromatic heterocycles. The normalized spacial score (nSPS) is 13.3. The SMILES string of the molecule is CCS(=O)(=O)CCOc1ccc(F)cc1[C@H](C)O. The van der Waals surface area contributed by atoms with Gasteiger partial charge in [-0.15, -0.1) is 0 Å². The molecule has 18 heavy (non-hydrogen) atoms. The first-order chi connectivity index (χ1) is 8.35. The molecule has 0 unspecified atom stereocenters. The molecule has 0 aliphatic heterocycles. The third-order valence-electron chi connectivity index (χ3n) is 2.51. The molecule has 6 heteroatoms. The fourth-order valence-electron chi connectivity index (χ4n) is 1.40. The average Bonchev–Trinajstić information content (AvgIpc) is 2.30. The van der Waals surface area contributed by atoms with Gasteiger partial charge < -0.3 is 9.84 Å². The molecule has 0 radical (unpaired) electrons. The van der Waals surface area contributed by atoms with Crippen LogP contribution in [0.1, 0.15) is 25.5 Å². The molecular weight excluding hydrogens is 259 g/mol. The number of hydrogen-bond acceptors (Lipinski definition) is 4. The molecule has 0 aliphatic carbocycles. The van der Waals surface area contributed by atoms with Crippen LogP contribution in [0.5, 0.6) is 5.75 Å². The Kier molecular flexibility index (Phi) is 5.10. The molecular formula is C12H17FO4S. The van der Waals surface area contributed by atoms with E-state index >= 15 is 0 Å². The van der Waals surface area contributed by atoms with Crippen LogP contribution in [0.15, 0.2) is 18.2 Å². The van der Waals surface area contributed by atoms with Gasteiger partial charge in [-0.25, -0.2) is 12.8 Å². The zero-order valence-corrected chi connectivity index (χ0v) is 11.2. The average molecular weight is 276 g/mol. The van der Waals surface area contributed by atoms with Gasteiger partial charge in [-0.3, -0.25) is 0 Å². The Labute approximate surface area is 106 Å². The summed E-state index contributed by atoms with van der Waals surface area (Å²) in [5, 5.41) is 9.47. The number of ether oxygens (including phenoxy) is 1. The number of rotatable bonds is 6. The van der Waals surface area contributed by atoms with E-state index in [1.807, 2.05) is 0 Å². The highest BCUT2D eigenvalue weighted by molar-refractivity contribution is 7.91. The Bertz CT molecular complexity index is 497. The van der Waals surface area contributed by atoms with Crippen LogP contribution in [0, 0.1) is 5.82 Å². The maximum Gasteiger partial charge on any atom is 0.153 e. The Balaban J connectivity index is 2.73. The zero-order valence-electron chi connectivity index (χ0n) is 10.4. The van der Waals surface area contributed by atoms with Crippen LogP contribution in [-0.4, -0.2) is 31.6 Å². The Morgan fingerprint density at radius 2 is 2.11 bits per heavy atom. The molecule has 1 aromatic carbocycles. The fourth-order valence-corrected chi connectivity index (χ4v) is 2.03. The lowest BCUT2D eigenvalue weighted by Gasteiger charge is -2.13. The first kappa shape index (κ1) is 14.9. The Morgan fingerprint density at radius 3 is 2.67 bits per heavy atom. The topological polar surface area (TPSA) is 63.6 Å². The highest BCUT2D eigenvalue weighted by atomic mass is 32.2. The number of aliphatic hydroxyl groups excluding tert-OH is 1. The molecule has 0 heterocycles. The van der Waals surface area contributed by atoms with Gasteiger partial charge in [0.1, 0.15) is 18.2 Å². The van der Waals surface area contributed by atoms with Gasteiger partial charge in [0.25, 0.3) is 0 Å². The highest BCUT2D eigenvalue weighted by Crippen LogP contribution is 2.25. The monoisotopic (exact) mass is 276 g/mol. The number of hydrogen-bond donors (Lipinski definition) is 1. The van der Waals surface area contributed by atoms with Crippen molar-refractivity contribution in [1.29, 1.82) is 0 Å². The second kappa shape index (κ2) is 6.15. The van der Waals surface area contributed by atoms with E-state index < -0.39 is 21.8 Å². The predicted molar refractivity (Wildman–Crippen MR) is 66.9 cm³/mol. The first-order valence-electron chi connectivity index (χ1n) is 5.66. The Hall–Kier alpha value is -1.14.